The maximum atomic E-state index is 12.6. The van der Waals surface area contributed by atoms with Gasteiger partial charge in [-0.3, -0.25) is 9.59 Å². The Hall–Kier alpha value is -1.44. The lowest BCUT2D eigenvalue weighted by molar-refractivity contribution is -0.132. The average Bonchev–Trinajstić information content (AvgIpc) is 3.10. The van der Waals surface area contributed by atoms with Gasteiger partial charge in [0.1, 0.15) is 10.7 Å². The molecule has 148 valence electrons. The number of aromatic amines is 1. The number of nitrogens with one attached hydrogen (secondary N) is 2. The first kappa shape index (κ1) is 20.3. The van der Waals surface area contributed by atoms with Gasteiger partial charge in [-0.2, -0.15) is 0 Å². The van der Waals surface area contributed by atoms with Crippen molar-refractivity contribution in [1.82, 2.24) is 20.2 Å². The summed E-state index contributed by atoms with van der Waals surface area (Å²) in [5, 5.41) is 4.30. The van der Waals surface area contributed by atoms with Gasteiger partial charge in [0.05, 0.1) is 5.39 Å². The molecule has 0 saturated carbocycles. The number of thiophene rings is 1. The highest BCUT2D eigenvalue weighted by Crippen LogP contribution is 2.29. The summed E-state index contributed by atoms with van der Waals surface area (Å²) in [4.78, 5) is 36.2. The minimum Gasteiger partial charge on any atom is -0.343 e. The predicted molar refractivity (Wildman–Crippen MR) is 111 cm³/mol. The Kier molecular flexibility index (Phi) is 5.93. The molecule has 2 aromatic rings. The van der Waals surface area contributed by atoms with Crippen LogP contribution in [0.25, 0.3) is 10.2 Å². The number of aryl methyl sites for hydroxylation is 3. The summed E-state index contributed by atoms with van der Waals surface area (Å²) in [5.74, 6) is 0.744. The number of rotatable bonds is 4. The van der Waals surface area contributed by atoms with Crippen molar-refractivity contribution in [3.05, 3.63) is 26.6 Å². The third-order valence-corrected chi connectivity index (χ3v) is 7.15. The standard InChI is InChI=1S/C19H26N4O2S.ClH/c1-10-11(2)26-19-17(10)18(25)21-15(22-19)6-7-16(24)23(3)14-8-12-4-5-13(9-14)20-12;/h12-14,20H,4-9H2,1-3H3,(H,21,22,25);1H. The molecule has 2 saturated heterocycles. The number of piperidine rings is 1. The van der Waals surface area contributed by atoms with Crippen LogP contribution in [0, 0.1) is 13.8 Å². The van der Waals surface area contributed by atoms with E-state index in [-0.39, 0.29) is 23.9 Å². The monoisotopic (exact) mass is 410 g/mol. The minimum absolute atomic E-state index is 0. The molecule has 2 atom stereocenters. The Balaban J connectivity index is 0.00000210. The fraction of sp³-hybridized carbons (Fsp3) is 0.632. The number of hydrogen-bond donors (Lipinski definition) is 2. The fourth-order valence-corrected chi connectivity index (χ4v) is 5.42. The zero-order valence-electron chi connectivity index (χ0n) is 16.0. The van der Waals surface area contributed by atoms with Crippen LogP contribution in [-0.4, -0.2) is 45.9 Å². The van der Waals surface area contributed by atoms with Crippen molar-refractivity contribution in [3.8, 4) is 0 Å². The molecule has 27 heavy (non-hydrogen) atoms. The van der Waals surface area contributed by atoms with Crippen LogP contribution < -0.4 is 10.9 Å². The largest absolute Gasteiger partial charge is 0.343 e. The van der Waals surface area contributed by atoms with Gasteiger partial charge in [-0.25, -0.2) is 4.98 Å². The first-order chi connectivity index (χ1) is 12.4. The molecule has 0 radical (unpaired) electrons. The number of amides is 1. The van der Waals surface area contributed by atoms with Crippen LogP contribution in [0.2, 0.25) is 0 Å². The number of fused-ring (bicyclic) bond motifs is 3. The molecule has 8 heteroatoms. The first-order valence-electron chi connectivity index (χ1n) is 9.43. The summed E-state index contributed by atoms with van der Waals surface area (Å²) >= 11 is 1.54. The molecule has 2 aromatic heterocycles. The molecule has 2 unspecified atom stereocenters. The SMILES string of the molecule is Cc1sc2nc(CCC(=O)N(C)C3CC4CCC(C3)N4)[nH]c(=O)c2c1C.Cl. The Labute approximate surface area is 169 Å². The maximum Gasteiger partial charge on any atom is 0.259 e. The lowest BCUT2D eigenvalue weighted by Crippen LogP contribution is -2.48. The van der Waals surface area contributed by atoms with E-state index in [9.17, 15) is 9.59 Å². The van der Waals surface area contributed by atoms with Gasteiger partial charge in [0.2, 0.25) is 5.91 Å². The second-order valence-electron chi connectivity index (χ2n) is 7.74. The lowest BCUT2D eigenvalue weighted by atomic mass is 9.98. The van der Waals surface area contributed by atoms with Crippen LogP contribution in [-0.2, 0) is 11.2 Å². The highest BCUT2D eigenvalue weighted by Gasteiger charge is 2.36. The second-order valence-corrected chi connectivity index (χ2v) is 8.95. The first-order valence-corrected chi connectivity index (χ1v) is 10.2. The van der Waals surface area contributed by atoms with Crippen molar-refractivity contribution < 1.29 is 4.79 Å². The van der Waals surface area contributed by atoms with Crippen molar-refractivity contribution in [3.63, 3.8) is 0 Å². The highest BCUT2D eigenvalue weighted by atomic mass is 35.5. The van der Waals surface area contributed by atoms with Crippen LogP contribution >= 0.6 is 23.7 Å². The summed E-state index contributed by atoms with van der Waals surface area (Å²) in [5.41, 5.74) is 0.907. The number of aromatic nitrogens is 2. The molecule has 2 bridgehead atoms. The van der Waals surface area contributed by atoms with Crippen LogP contribution in [0.5, 0.6) is 0 Å². The van der Waals surface area contributed by atoms with Crippen LogP contribution in [0.4, 0.5) is 0 Å². The van der Waals surface area contributed by atoms with E-state index in [1.165, 1.54) is 12.8 Å². The molecular formula is C19H27ClN4O2S. The van der Waals surface area contributed by atoms with Crippen molar-refractivity contribution in [1.29, 1.82) is 0 Å². The number of halogens is 1. The molecule has 0 aromatic carbocycles. The molecule has 4 rings (SSSR count). The van der Waals surface area contributed by atoms with Crippen LogP contribution in [0.15, 0.2) is 4.79 Å². The van der Waals surface area contributed by atoms with Crippen molar-refractivity contribution >= 4 is 39.9 Å². The van der Waals surface area contributed by atoms with E-state index in [1.807, 2.05) is 25.8 Å². The summed E-state index contributed by atoms with van der Waals surface area (Å²) in [6.07, 6.45) is 5.42. The number of hydrogen-bond acceptors (Lipinski definition) is 5. The van der Waals surface area contributed by atoms with Gasteiger partial charge in [0.15, 0.2) is 0 Å². The van der Waals surface area contributed by atoms with E-state index in [1.54, 1.807) is 11.3 Å². The van der Waals surface area contributed by atoms with E-state index in [4.69, 9.17) is 0 Å². The van der Waals surface area contributed by atoms with Gasteiger partial charge in [-0.15, -0.1) is 23.7 Å². The summed E-state index contributed by atoms with van der Waals surface area (Å²) < 4.78 is 0. The van der Waals surface area contributed by atoms with Gasteiger partial charge >= 0.3 is 0 Å². The second kappa shape index (κ2) is 7.89. The average molecular weight is 411 g/mol. The summed E-state index contributed by atoms with van der Waals surface area (Å²) in [6.45, 7) is 3.96. The lowest BCUT2D eigenvalue weighted by Gasteiger charge is -2.35. The molecular weight excluding hydrogens is 384 g/mol. The summed E-state index contributed by atoms with van der Waals surface area (Å²) in [6, 6.07) is 1.47. The van der Waals surface area contributed by atoms with Crippen molar-refractivity contribution in [2.45, 2.75) is 70.5 Å². The van der Waals surface area contributed by atoms with E-state index in [0.717, 1.165) is 28.1 Å². The van der Waals surface area contributed by atoms with Crippen LogP contribution in [0.1, 0.15) is 48.4 Å². The van der Waals surface area contributed by atoms with Gasteiger partial charge in [-0.1, -0.05) is 0 Å². The molecule has 2 fully saturated rings. The zero-order chi connectivity index (χ0) is 18.4. The maximum absolute atomic E-state index is 12.6. The van der Waals surface area contributed by atoms with Crippen LogP contribution in [0.3, 0.4) is 0 Å². The Morgan fingerprint density at radius 2 is 1.93 bits per heavy atom. The molecule has 0 aliphatic carbocycles. The zero-order valence-corrected chi connectivity index (χ0v) is 17.6. The highest BCUT2D eigenvalue weighted by molar-refractivity contribution is 7.18. The normalized spacial score (nSPS) is 24.0. The quantitative estimate of drug-likeness (QED) is 0.812. The third kappa shape index (κ3) is 3.91. The van der Waals surface area contributed by atoms with Gasteiger partial charge < -0.3 is 15.2 Å². The van der Waals surface area contributed by atoms with Gasteiger partial charge in [0.25, 0.3) is 5.56 Å². The predicted octanol–water partition coefficient (Wildman–Crippen LogP) is 2.70. The van der Waals surface area contributed by atoms with E-state index < -0.39 is 0 Å². The Morgan fingerprint density at radius 3 is 2.59 bits per heavy atom. The molecule has 2 aliphatic heterocycles. The number of nitrogens with zero attached hydrogens (tertiary/aromatic N) is 2. The number of H-pyrrole nitrogens is 1. The molecule has 2 N–H and O–H groups in total. The molecule has 2 aliphatic rings. The molecule has 6 nitrogen and oxygen atoms in total. The topological polar surface area (TPSA) is 78.1 Å². The van der Waals surface area contributed by atoms with Gasteiger partial charge in [0, 0.05) is 42.9 Å². The third-order valence-electron chi connectivity index (χ3n) is 6.05. The molecule has 1 amide bonds. The molecule has 4 heterocycles. The van der Waals surface area contributed by atoms with E-state index in [2.05, 4.69) is 15.3 Å². The Bertz CT molecular complexity index is 897. The van der Waals surface area contributed by atoms with Crippen molar-refractivity contribution in [2.75, 3.05) is 7.05 Å². The molecule has 0 spiro atoms. The Morgan fingerprint density at radius 1 is 1.26 bits per heavy atom. The minimum atomic E-state index is -0.0948. The fourth-order valence-electron chi connectivity index (χ4n) is 4.37. The van der Waals surface area contributed by atoms with E-state index in [0.29, 0.717) is 42.2 Å². The number of carbonyl (C=O) groups excluding carboxylic acids is 1. The smallest absolute Gasteiger partial charge is 0.259 e. The van der Waals surface area contributed by atoms with Crippen molar-refractivity contribution in [2.24, 2.45) is 0 Å². The van der Waals surface area contributed by atoms with Gasteiger partial charge in [-0.05, 0) is 45.1 Å². The summed E-state index contributed by atoms with van der Waals surface area (Å²) in [7, 11) is 1.92. The number of carbonyl (C=O) groups is 1. The van der Waals surface area contributed by atoms with E-state index >= 15 is 0 Å².